The monoisotopic (exact) mass is 195 g/mol. The molecule has 0 fully saturated rings. The van der Waals surface area contributed by atoms with Gasteiger partial charge in [-0.25, -0.2) is 0 Å². The number of nitrogens with one attached hydrogen (secondary N) is 1. The van der Waals surface area contributed by atoms with Gasteiger partial charge in [-0.3, -0.25) is 4.34 Å². The summed E-state index contributed by atoms with van der Waals surface area (Å²) in [5.74, 6) is 0. The standard InChI is InChI=1S/C4H11BBrNO2/c6-7-4-2-1-3-5(8)9/h7-9H,1-4H2. The van der Waals surface area contributed by atoms with Crippen LogP contribution < -0.4 is 4.34 Å². The molecule has 0 heterocycles. The van der Waals surface area contributed by atoms with Gasteiger partial charge in [-0.1, -0.05) is 6.42 Å². The van der Waals surface area contributed by atoms with Crippen molar-refractivity contribution in [3.63, 3.8) is 0 Å². The van der Waals surface area contributed by atoms with Crippen LogP contribution in [-0.4, -0.2) is 23.7 Å². The lowest BCUT2D eigenvalue weighted by molar-refractivity contribution is 0.402. The van der Waals surface area contributed by atoms with Crippen molar-refractivity contribution in [3.8, 4) is 0 Å². The summed E-state index contributed by atoms with van der Waals surface area (Å²) in [6.07, 6.45) is 2.27. The molecule has 0 bridgehead atoms. The highest BCUT2D eigenvalue weighted by Gasteiger charge is 2.03. The third kappa shape index (κ3) is 8.42. The van der Waals surface area contributed by atoms with Crippen molar-refractivity contribution >= 4 is 23.3 Å². The van der Waals surface area contributed by atoms with Crippen LogP contribution in [0.4, 0.5) is 0 Å². The quantitative estimate of drug-likeness (QED) is 0.333. The van der Waals surface area contributed by atoms with Crippen molar-refractivity contribution in [1.29, 1.82) is 0 Å². The van der Waals surface area contributed by atoms with Gasteiger partial charge in [-0.05, 0) is 12.7 Å². The molecule has 0 aliphatic rings. The van der Waals surface area contributed by atoms with Crippen molar-refractivity contribution in [2.75, 3.05) is 6.54 Å². The zero-order valence-corrected chi connectivity index (χ0v) is 6.76. The second kappa shape index (κ2) is 6.54. The molecule has 0 rings (SSSR count). The molecule has 0 saturated carbocycles. The van der Waals surface area contributed by atoms with E-state index in [2.05, 4.69) is 20.5 Å². The molecule has 9 heavy (non-hydrogen) atoms. The topological polar surface area (TPSA) is 52.5 Å². The van der Waals surface area contributed by atoms with Crippen LogP contribution >= 0.6 is 16.1 Å². The second-order valence-corrected chi connectivity index (χ2v) is 2.42. The largest absolute Gasteiger partial charge is 0.451 e. The second-order valence-electron chi connectivity index (χ2n) is 1.86. The molecule has 0 aromatic rings. The van der Waals surface area contributed by atoms with Crippen LogP contribution in [0.3, 0.4) is 0 Å². The lowest BCUT2D eigenvalue weighted by Crippen LogP contribution is -2.10. The number of halogens is 1. The van der Waals surface area contributed by atoms with E-state index in [9.17, 15) is 0 Å². The molecule has 0 aromatic heterocycles. The molecule has 0 amide bonds. The third-order valence-electron chi connectivity index (χ3n) is 0.984. The highest BCUT2D eigenvalue weighted by atomic mass is 79.9. The fourth-order valence-electron chi connectivity index (χ4n) is 0.519. The van der Waals surface area contributed by atoms with Gasteiger partial charge < -0.3 is 10.0 Å². The van der Waals surface area contributed by atoms with Gasteiger partial charge >= 0.3 is 7.12 Å². The van der Waals surface area contributed by atoms with Crippen LogP contribution in [0.2, 0.25) is 6.32 Å². The Kier molecular flexibility index (Phi) is 6.85. The van der Waals surface area contributed by atoms with Crippen LogP contribution in [0.15, 0.2) is 0 Å². The van der Waals surface area contributed by atoms with Crippen molar-refractivity contribution < 1.29 is 10.0 Å². The maximum Gasteiger partial charge on any atom is 0.451 e. The fourth-order valence-corrected chi connectivity index (χ4v) is 0.799. The van der Waals surface area contributed by atoms with Gasteiger partial charge in [0.2, 0.25) is 0 Å². The van der Waals surface area contributed by atoms with Crippen molar-refractivity contribution in [2.24, 2.45) is 0 Å². The zero-order valence-electron chi connectivity index (χ0n) is 5.18. The van der Waals surface area contributed by atoms with Crippen LogP contribution in [0.25, 0.3) is 0 Å². The van der Waals surface area contributed by atoms with E-state index in [-0.39, 0.29) is 0 Å². The van der Waals surface area contributed by atoms with Crippen LogP contribution in [0.1, 0.15) is 12.8 Å². The summed E-state index contributed by atoms with van der Waals surface area (Å²) >= 11 is 3.04. The maximum atomic E-state index is 8.38. The molecule has 54 valence electrons. The Hall–Kier alpha value is 0.425. The van der Waals surface area contributed by atoms with Crippen LogP contribution in [0.5, 0.6) is 0 Å². The molecule has 5 heteroatoms. The summed E-state index contributed by atoms with van der Waals surface area (Å²) in [6.45, 7) is 0.868. The molecule has 0 atom stereocenters. The minimum atomic E-state index is -1.14. The maximum absolute atomic E-state index is 8.38. The number of unbranched alkanes of at least 4 members (excludes halogenated alkanes) is 1. The first-order chi connectivity index (χ1) is 4.27. The predicted molar refractivity (Wildman–Crippen MR) is 41.2 cm³/mol. The lowest BCUT2D eigenvalue weighted by Gasteiger charge is -1.96. The number of hydrogen-bond donors (Lipinski definition) is 3. The summed E-state index contributed by atoms with van der Waals surface area (Å²) in [7, 11) is -1.14. The molecule has 0 radical (unpaired) electrons. The van der Waals surface area contributed by atoms with Gasteiger partial charge in [-0.2, -0.15) is 0 Å². The minimum Gasteiger partial charge on any atom is -0.427 e. The molecular weight excluding hydrogens is 185 g/mol. The number of hydrogen-bond acceptors (Lipinski definition) is 3. The van der Waals surface area contributed by atoms with Gasteiger partial charge in [0.05, 0.1) is 0 Å². The minimum absolute atomic E-state index is 0.467. The molecule has 3 N–H and O–H groups in total. The van der Waals surface area contributed by atoms with Gasteiger partial charge in [0, 0.05) is 22.7 Å². The lowest BCUT2D eigenvalue weighted by atomic mass is 9.84. The average molecular weight is 196 g/mol. The molecule has 0 saturated heterocycles. The first-order valence-electron chi connectivity index (χ1n) is 2.97. The predicted octanol–water partition coefficient (Wildman–Crippen LogP) is 0.139. The number of rotatable bonds is 5. The van der Waals surface area contributed by atoms with Gasteiger partial charge in [0.1, 0.15) is 0 Å². The van der Waals surface area contributed by atoms with E-state index < -0.39 is 7.12 Å². The van der Waals surface area contributed by atoms with Crippen molar-refractivity contribution in [2.45, 2.75) is 19.2 Å². The average Bonchev–Trinajstić information content (AvgIpc) is 1.80. The van der Waals surface area contributed by atoms with E-state index in [0.29, 0.717) is 6.32 Å². The van der Waals surface area contributed by atoms with E-state index in [4.69, 9.17) is 10.0 Å². The zero-order chi connectivity index (χ0) is 7.11. The molecule has 0 aliphatic carbocycles. The normalized spacial score (nSPS) is 9.67. The first-order valence-corrected chi connectivity index (χ1v) is 3.76. The highest BCUT2D eigenvalue weighted by Crippen LogP contribution is 1.96. The van der Waals surface area contributed by atoms with Gasteiger partial charge in [0.25, 0.3) is 0 Å². The summed E-state index contributed by atoms with van der Waals surface area (Å²) in [5, 5.41) is 16.8. The van der Waals surface area contributed by atoms with E-state index >= 15 is 0 Å². The molecule has 0 unspecified atom stereocenters. The fraction of sp³-hybridized carbons (Fsp3) is 1.00. The van der Waals surface area contributed by atoms with Crippen LogP contribution in [0, 0.1) is 0 Å². The Balaban J connectivity index is 2.75. The summed E-state index contributed by atoms with van der Waals surface area (Å²) in [5.41, 5.74) is 0. The Bertz CT molecular complexity index is 64.5. The molecule has 0 aromatic carbocycles. The summed E-state index contributed by atoms with van der Waals surface area (Å²) in [4.78, 5) is 0. The van der Waals surface area contributed by atoms with E-state index in [0.717, 1.165) is 19.4 Å². The van der Waals surface area contributed by atoms with E-state index in [1.807, 2.05) is 0 Å². The highest BCUT2D eigenvalue weighted by molar-refractivity contribution is 9.08. The summed E-state index contributed by atoms with van der Waals surface area (Å²) in [6, 6.07) is 0. The Morgan fingerprint density at radius 2 is 2.00 bits per heavy atom. The Morgan fingerprint density at radius 1 is 1.33 bits per heavy atom. The molecule has 0 aliphatic heterocycles. The van der Waals surface area contributed by atoms with E-state index in [1.54, 1.807) is 0 Å². The summed E-state index contributed by atoms with van der Waals surface area (Å²) < 4.78 is 2.79. The van der Waals surface area contributed by atoms with Gasteiger partial charge in [0.15, 0.2) is 0 Å². The van der Waals surface area contributed by atoms with E-state index in [1.165, 1.54) is 0 Å². The molecule has 3 nitrogen and oxygen atoms in total. The van der Waals surface area contributed by atoms with Gasteiger partial charge in [-0.15, -0.1) is 0 Å². The smallest absolute Gasteiger partial charge is 0.427 e. The molecule has 0 spiro atoms. The molecular formula is C4H11BBrNO2. The third-order valence-corrected chi connectivity index (χ3v) is 1.38. The van der Waals surface area contributed by atoms with Crippen molar-refractivity contribution in [1.82, 2.24) is 4.34 Å². The Morgan fingerprint density at radius 3 is 2.44 bits per heavy atom. The SMILES string of the molecule is OB(O)CCCCNBr. The Labute approximate surface area is 63.9 Å². The first kappa shape index (κ1) is 9.42. The van der Waals surface area contributed by atoms with Crippen molar-refractivity contribution in [3.05, 3.63) is 0 Å². The van der Waals surface area contributed by atoms with Crippen LogP contribution in [-0.2, 0) is 0 Å².